The molecule has 0 atom stereocenters. The highest BCUT2D eigenvalue weighted by molar-refractivity contribution is 5.93. The summed E-state index contributed by atoms with van der Waals surface area (Å²) in [6.07, 6.45) is 1.68. The first-order valence-electron chi connectivity index (χ1n) is 4.57. The zero-order valence-corrected chi connectivity index (χ0v) is 9.00. The molecular formula is C12H13FO2. The predicted octanol–water partition coefficient (Wildman–Crippen LogP) is 2.71. The van der Waals surface area contributed by atoms with E-state index in [4.69, 9.17) is 0 Å². The summed E-state index contributed by atoms with van der Waals surface area (Å²) in [4.78, 5) is 11.1. The second-order valence-corrected chi connectivity index (χ2v) is 3.32. The molecule has 0 radical (unpaired) electrons. The summed E-state index contributed by atoms with van der Waals surface area (Å²) in [5, 5.41) is 0. The van der Waals surface area contributed by atoms with Crippen LogP contribution in [0.5, 0.6) is 0 Å². The topological polar surface area (TPSA) is 26.3 Å². The van der Waals surface area contributed by atoms with Crippen molar-refractivity contribution in [2.45, 2.75) is 13.8 Å². The predicted molar refractivity (Wildman–Crippen MR) is 56.8 cm³/mol. The lowest BCUT2D eigenvalue weighted by atomic mass is 10.1. The number of carbonyl (C=O) groups excluding carboxylic acids is 1. The average Bonchev–Trinajstić information content (AvgIpc) is 2.20. The average molecular weight is 208 g/mol. The minimum absolute atomic E-state index is 0.277. The van der Waals surface area contributed by atoms with E-state index in [-0.39, 0.29) is 11.8 Å². The third-order valence-electron chi connectivity index (χ3n) is 2.11. The SMILES string of the molecule is COC(=O)/C(C)=C/c1ccc(F)cc1C. The quantitative estimate of drug-likeness (QED) is 0.551. The van der Waals surface area contributed by atoms with Crippen molar-refractivity contribution in [2.75, 3.05) is 7.11 Å². The summed E-state index contributed by atoms with van der Waals surface area (Å²) in [5.74, 6) is -0.654. The van der Waals surface area contributed by atoms with Gasteiger partial charge in [-0.25, -0.2) is 9.18 Å². The number of methoxy groups -OCH3 is 1. The summed E-state index contributed by atoms with van der Waals surface area (Å²) in [6, 6.07) is 4.43. The van der Waals surface area contributed by atoms with E-state index in [1.165, 1.54) is 19.2 Å². The van der Waals surface area contributed by atoms with Gasteiger partial charge in [-0.2, -0.15) is 0 Å². The molecule has 3 heteroatoms. The Morgan fingerprint density at radius 2 is 2.13 bits per heavy atom. The summed E-state index contributed by atoms with van der Waals surface area (Å²) >= 11 is 0. The molecular weight excluding hydrogens is 195 g/mol. The van der Waals surface area contributed by atoms with Gasteiger partial charge in [-0.3, -0.25) is 0 Å². The number of ether oxygens (including phenoxy) is 1. The Kier molecular flexibility index (Phi) is 3.61. The summed E-state index contributed by atoms with van der Waals surface area (Å²) in [6.45, 7) is 3.45. The van der Waals surface area contributed by atoms with Crippen molar-refractivity contribution in [2.24, 2.45) is 0 Å². The van der Waals surface area contributed by atoms with Gasteiger partial charge in [-0.15, -0.1) is 0 Å². The second kappa shape index (κ2) is 4.73. The highest BCUT2D eigenvalue weighted by atomic mass is 19.1. The van der Waals surface area contributed by atoms with Gasteiger partial charge in [0.25, 0.3) is 0 Å². The molecule has 0 bridgehead atoms. The van der Waals surface area contributed by atoms with Gasteiger partial charge in [0.05, 0.1) is 7.11 Å². The van der Waals surface area contributed by atoms with Crippen molar-refractivity contribution in [1.29, 1.82) is 0 Å². The third kappa shape index (κ3) is 2.91. The molecule has 0 aliphatic carbocycles. The van der Waals surface area contributed by atoms with Gasteiger partial charge in [0.15, 0.2) is 0 Å². The van der Waals surface area contributed by atoms with Crippen molar-refractivity contribution in [3.63, 3.8) is 0 Å². The number of rotatable bonds is 2. The Morgan fingerprint density at radius 3 is 2.67 bits per heavy atom. The number of esters is 1. The number of hydrogen-bond acceptors (Lipinski definition) is 2. The lowest BCUT2D eigenvalue weighted by Gasteiger charge is -2.02. The molecule has 0 aliphatic heterocycles. The van der Waals surface area contributed by atoms with Crippen LogP contribution in [0.3, 0.4) is 0 Å². The maximum absolute atomic E-state index is 12.8. The van der Waals surface area contributed by atoms with Gasteiger partial charge in [0, 0.05) is 5.57 Å². The van der Waals surface area contributed by atoms with Crippen LogP contribution in [0.15, 0.2) is 23.8 Å². The molecule has 0 saturated heterocycles. The van der Waals surface area contributed by atoms with E-state index in [0.717, 1.165) is 11.1 Å². The molecule has 0 saturated carbocycles. The fraction of sp³-hybridized carbons (Fsp3) is 0.250. The van der Waals surface area contributed by atoms with E-state index >= 15 is 0 Å². The van der Waals surface area contributed by atoms with E-state index in [1.54, 1.807) is 26.0 Å². The minimum atomic E-state index is -0.376. The molecule has 15 heavy (non-hydrogen) atoms. The molecule has 0 amide bonds. The monoisotopic (exact) mass is 208 g/mol. The molecule has 0 spiro atoms. The standard InChI is InChI=1S/C12H13FO2/c1-8-7-11(13)5-4-10(8)6-9(2)12(14)15-3/h4-7H,1-3H3/b9-6+. The Bertz CT molecular complexity index is 408. The van der Waals surface area contributed by atoms with E-state index in [2.05, 4.69) is 4.74 Å². The van der Waals surface area contributed by atoms with E-state index in [9.17, 15) is 9.18 Å². The van der Waals surface area contributed by atoms with Crippen LogP contribution in [0.2, 0.25) is 0 Å². The van der Waals surface area contributed by atoms with Crippen molar-refractivity contribution >= 4 is 12.0 Å². The fourth-order valence-corrected chi connectivity index (χ4v) is 1.25. The Hall–Kier alpha value is -1.64. The van der Waals surface area contributed by atoms with E-state index < -0.39 is 0 Å². The Morgan fingerprint density at radius 1 is 1.47 bits per heavy atom. The lowest BCUT2D eigenvalue weighted by molar-refractivity contribution is -0.135. The van der Waals surface area contributed by atoms with Crippen LogP contribution in [-0.2, 0) is 9.53 Å². The summed E-state index contributed by atoms with van der Waals surface area (Å²) in [5.41, 5.74) is 2.10. The van der Waals surface area contributed by atoms with Crippen LogP contribution in [0, 0.1) is 12.7 Å². The van der Waals surface area contributed by atoms with Crippen molar-refractivity contribution < 1.29 is 13.9 Å². The first-order valence-corrected chi connectivity index (χ1v) is 4.57. The first kappa shape index (κ1) is 11.4. The van der Waals surface area contributed by atoms with Crippen molar-refractivity contribution in [3.8, 4) is 0 Å². The number of aryl methyl sites for hydroxylation is 1. The Balaban J connectivity index is 3.03. The largest absolute Gasteiger partial charge is 0.466 e. The smallest absolute Gasteiger partial charge is 0.333 e. The lowest BCUT2D eigenvalue weighted by Crippen LogP contribution is -2.01. The first-order chi connectivity index (χ1) is 7.04. The van der Waals surface area contributed by atoms with Gasteiger partial charge < -0.3 is 4.74 Å². The molecule has 0 unspecified atom stereocenters. The molecule has 1 aromatic rings. The van der Waals surface area contributed by atoms with Crippen molar-refractivity contribution in [3.05, 3.63) is 40.7 Å². The van der Waals surface area contributed by atoms with Crippen LogP contribution in [-0.4, -0.2) is 13.1 Å². The van der Waals surface area contributed by atoms with E-state index in [1.807, 2.05) is 0 Å². The summed E-state index contributed by atoms with van der Waals surface area (Å²) < 4.78 is 17.4. The van der Waals surface area contributed by atoms with Crippen LogP contribution in [0.1, 0.15) is 18.1 Å². The number of benzene rings is 1. The zero-order chi connectivity index (χ0) is 11.4. The van der Waals surface area contributed by atoms with Crippen LogP contribution in [0.25, 0.3) is 6.08 Å². The molecule has 1 rings (SSSR count). The normalized spacial score (nSPS) is 11.3. The maximum atomic E-state index is 12.8. The molecule has 80 valence electrons. The van der Waals surface area contributed by atoms with Crippen LogP contribution in [0.4, 0.5) is 4.39 Å². The fourth-order valence-electron chi connectivity index (χ4n) is 1.25. The highest BCUT2D eigenvalue weighted by Crippen LogP contribution is 2.14. The molecule has 2 nitrogen and oxygen atoms in total. The van der Waals surface area contributed by atoms with Crippen LogP contribution < -0.4 is 0 Å². The molecule has 0 N–H and O–H groups in total. The van der Waals surface area contributed by atoms with Gasteiger partial charge in [0.2, 0.25) is 0 Å². The van der Waals surface area contributed by atoms with Gasteiger partial charge in [-0.05, 0) is 43.2 Å². The highest BCUT2D eigenvalue weighted by Gasteiger charge is 2.04. The second-order valence-electron chi connectivity index (χ2n) is 3.32. The number of carbonyl (C=O) groups is 1. The maximum Gasteiger partial charge on any atom is 0.333 e. The summed E-state index contributed by atoms with van der Waals surface area (Å²) in [7, 11) is 1.33. The van der Waals surface area contributed by atoms with Gasteiger partial charge in [0.1, 0.15) is 5.82 Å². The minimum Gasteiger partial charge on any atom is -0.466 e. The molecule has 0 aliphatic rings. The molecule has 1 aromatic carbocycles. The molecule has 0 aromatic heterocycles. The van der Waals surface area contributed by atoms with Gasteiger partial charge in [-0.1, -0.05) is 6.07 Å². The Labute approximate surface area is 88.4 Å². The number of hydrogen-bond donors (Lipinski definition) is 0. The van der Waals surface area contributed by atoms with Gasteiger partial charge >= 0.3 is 5.97 Å². The molecule has 0 heterocycles. The molecule has 0 fully saturated rings. The van der Waals surface area contributed by atoms with Crippen LogP contribution >= 0.6 is 0 Å². The zero-order valence-electron chi connectivity index (χ0n) is 9.00. The third-order valence-corrected chi connectivity index (χ3v) is 2.11. The number of halogens is 1. The van der Waals surface area contributed by atoms with Crippen molar-refractivity contribution in [1.82, 2.24) is 0 Å². The van der Waals surface area contributed by atoms with E-state index in [0.29, 0.717) is 5.57 Å².